The van der Waals surface area contributed by atoms with Gasteiger partial charge in [0.2, 0.25) is 0 Å². The second kappa shape index (κ2) is 8.55. The summed E-state index contributed by atoms with van der Waals surface area (Å²) >= 11 is 0. The van der Waals surface area contributed by atoms with Crippen LogP contribution in [0.15, 0.2) is 42.5 Å². The molecule has 1 unspecified atom stereocenters. The van der Waals surface area contributed by atoms with Crippen LogP contribution in [0.25, 0.3) is 21.8 Å². The second-order valence-corrected chi connectivity index (χ2v) is 5.59. The van der Waals surface area contributed by atoms with Crippen LogP contribution >= 0.6 is 24.8 Å². The highest BCUT2D eigenvalue weighted by Gasteiger charge is 2.09. The monoisotopic (exact) mass is 354 g/mol. The van der Waals surface area contributed by atoms with Gasteiger partial charge in [-0.1, -0.05) is 24.3 Å². The lowest BCUT2D eigenvalue weighted by Crippen LogP contribution is -2.23. The minimum Gasteiger partial charge on any atom is -0.392 e. The zero-order chi connectivity index (χ0) is 14.8. The van der Waals surface area contributed by atoms with Gasteiger partial charge in [-0.15, -0.1) is 24.8 Å². The summed E-state index contributed by atoms with van der Waals surface area (Å²) in [6.45, 7) is 6.36. The van der Waals surface area contributed by atoms with E-state index in [4.69, 9.17) is 0 Å². The Labute approximate surface area is 149 Å². The van der Waals surface area contributed by atoms with Crippen LogP contribution in [-0.2, 0) is 13.1 Å². The van der Waals surface area contributed by atoms with Gasteiger partial charge in [-0.25, -0.2) is 0 Å². The van der Waals surface area contributed by atoms with Gasteiger partial charge >= 0.3 is 0 Å². The molecule has 3 rings (SSSR count). The number of fused-ring (bicyclic) bond motifs is 3. The topological polar surface area (TPSA) is 37.2 Å². The normalized spacial score (nSPS) is 12.0. The van der Waals surface area contributed by atoms with Crippen LogP contribution in [0, 0.1) is 0 Å². The quantitative estimate of drug-likeness (QED) is 0.722. The molecule has 0 saturated heterocycles. The molecule has 5 heteroatoms. The van der Waals surface area contributed by atoms with Gasteiger partial charge in [0.1, 0.15) is 0 Å². The zero-order valence-electron chi connectivity index (χ0n) is 13.5. The first-order valence-corrected chi connectivity index (χ1v) is 7.59. The van der Waals surface area contributed by atoms with Crippen molar-refractivity contribution in [1.29, 1.82) is 0 Å². The van der Waals surface area contributed by atoms with Crippen LogP contribution < -0.4 is 5.32 Å². The Morgan fingerprint density at radius 3 is 2.43 bits per heavy atom. The molecule has 23 heavy (non-hydrogen) atoms. The van der Waals surface area contributed by atoms with Crippen LogP contribution in [0.5, 0.6) is 0 Å². The van der Waals surface area contributed by atoms with Gasteiger partial charge in [-0.2, -0.15) is 0 Å². The Morgan fingerprint density at radius 1 is 1.04 bits per heavy atom. The van der Waals surface area contributed by atoms with E-state index < -0.39 is 0 Å². The molecule has 0 fully saturated rings. The van der Waals surface area contributed by atoms with E-state index in [2.05, 4.69) is 59.3 Å². The fourth-order valence-corrected chi connectivity index (χ4v) is 2.98. The zero-order valence-corrected chi connectivity index (χ0v) is 15.1. The van der Waals surface area contributed by atoms with Gasteiger partial charge in [0.05, 0.1) is 6.10 Å². The van der Waals surface area contributed by atoms with Gasteiger partial charge in [0.25, 0.3) is 0 Å². The average Bonchev–Trinajstić information content (AvgIpc) is 2.80. The molecule has 0 aliphatic rings. The molecule has 1 heterocycles. The highest BCUT2D eigenvalue weighted by molar-refractivity contribution is 6.08. The lowest BCUT2D eigenvalue weighted by Gasteiger charge is -2.07. The summed E-state index contributed by atoms with van der Waals surface area (Å²) in [6, 6.07) is 15.2. The van der Waals surface area contributed by atoms with E-state index >= 15 is 0 Å². The summed E-state index contributed by atoms with van der Waals surface area (Å²) in [4.78, 5) is 0. The Kier molecular flexibility index (Phi) is 7.36. The fourth-order valence-electron chi connectivity index (χ4n) is 2.98. The second-order valence-electron chi connectivity index (χ2n) is 5.59. The number of aryl methyl sites for hydroxylation is 1. The average molecular weight is 355 g/mol. The number of hydrogen-bond acceptors (Lipinski definition) is 2. The molecule has 0 aliphatic carbocycles. The van der Waals surface area contributed by atoms with Gasteiger partial charge < -0.3 is 15.0 Å². The first-order valence-electron chi connectivity index (χ1n) is 7.59. The van der Waals surface area contributed by atoms with E-state index in [0.717, 1.165) is 13.1 Å². The first kappa shape index (κ1) is 19.8. The maximum Gasteiger partial charge on any atom is 0.0636 e. The predicted molar refractivity (Wildman–Crippen MR) is 103 cm³/mol. The van der Waals surface area contributed by atoms with Crippen LogP contribution in [0.4, 0.5) is 0 Å². The molecule has 0 aliphatic heterocycles. The molecule has 3 nitrogen and oxygen atoms in total. The summed E-state index contributed by atoms with van der Waals surface area (Å²) in [6.07, 6.45) is -0.310. The van der Waals surface area contributed by atoms with Gasteiger partial charge in [0, 0.05) is 41.4 Å². The third-order valence-corrected chi connectivity index (χ3v) is 3.92. The molecule has 3 aromatic rings. The molecule has 2 aromatic carbocycles. The maximum atomic E-state index is 9.31. The Balaban J connectivity index is 0.00000132. The maximum absolute atomic E-state index is 9.31. The standard InChI is InChI=1S/C18H22N2O.2ClH/c1-3-20-17-7-5-4-6-15(17)16-10-14(8-9-18(16)20)12-19-11-13(2)21;;/h4-10,13,19,21H,3,11-12H2,1-2H3;2*1H. The highest BCUT2D eigenvalue weighted by atomic mass is 35.5. The van der Waals surface area contributed by atoms with Gasteiger partial charge in [-0.05, 0) is 37.6 Å². The minimum atomic E-state index is -0.310. The van der Waals surface area contributed by atoms with Crippen LogP contribution in [0.2, 0.25) is 0 Å². The molecule has 0 spiro atoms. The summed E-state index contributed by atoms with van der Waals surface area (Å²) in [5, 5.41) is 15.2. The number of para-hydroxylation sites is 1. The van der Waals surface area contributed by atoms with Crippen molar-refractivity contribution in [3.8, 4) is 0 Å². The molecular formula is C18H24Cl2N2O. The lowest BCUT2D eigenvalue weighted by molar-refractivity contribution is 0.191. The molecule has 2 N–H and O–H groups in total. The van der Waals surface area contributed by atoms with Crippen LogP contribution in [-0.4, -0.2) is 22.3 Å². The van der Waals surface area contributed by atoms with E-state index in [-0.39, 0.29) is 30.9 Å². The minimum absolute atomic E-state index is 0. The van der Waals surface area contributed by atoms with Crippen molar-refractivity contribution >= 4 is 46.6 Å². The van der Waals surface area contributed by atoms with Crippen molar-refractivity contribution < 1.29 is 5.11 Å². The highest BCUT2D eigenvalue weighted by Crippen LogP contribution is 2.29. The Morgan fingerprint density at radius 2 is 1.74 bits per heavy atom. The number of benzene rings is 2. The van der Waals surface area contributed by atoms with Crippen molar-refractivity contribution in [2.24, 2.45) is 0 Å². The van der Waals surface area contributed by atoms with Crippen molar-refractivity contribution in [3.63, 3.8) is 0 Å². The largest absolute Gasteiger partial charge is 0.392 e. The number of aliphatic hydroxyl groups is 1. The molecule has 0 radical (unpaired) electrons. The number of hydrogen-bond donors (Lipinski definition) is 2. The number of nitrogens with one attached hydrogen (secondary N) is 1. The molecule has 0 saturated carbocycles. The summed E-state index contributed by atoms with van der Waals surface area (Å²) in [5.41, 5.74) is 3.84. The number of aliphatic hydroxyl groups excluding tert-OH is 1. The van der Waals surface area contributed by atoms with E-state index in [1.807, 2.05) is 0 Å². The third kappa shape index (κ3) is 3.99. The molecular weight excluding hydrogens is 331 g/mol. The van der Waals surface area contributed by atoms with E-state index in [9.17, 15) is 5.11 Å². The molecule has 0 bridgehead atoms. The van der Waals surface area contributed by atoms with E-state index in [0.29, 0.717) is 6.54 Å². The van der Waals surface area contributed by atoms with Gasteiger partial charge in [0.15, 0.2) is 0 Å². The predicted octanol–water partition coefficient (Wildman–Crippen LogP) is 4.13. The molecule has 1 atom stereocenters. The number of halogens is 2. The SMILES string of the molecule is CCn1c2ccccc2c2cc(CNCC(C)O)ccc21.Cl.Cl. The third-order valence-electron chi connectivity index (χ3n) is 3.92. The van der Waals surface area contributed by atoms with E-state index in [1.54, 1.807) is 6.92 Å². The number of nitrogens with zero attached hydrogens (tertiary/aromatic N) is 1. The van der Waals surface area contributed by atoms with E-state index in [1.165, 1.54) is 27.4 Å². The van der Waals surface area contributed by atoms with Gasteiger partial charge in [-0.3, -0.25) is 0 Å². The molecule has 0 amide bonds. The molecule has 126 valence electrons. The first-order chi connectivity index (χ1) is 10.2. The Bertz CT molecular complexity index is 768. The summed E-state index contributed by atoms with van der Waals surface area (Å²) in [7, 11) is 0. The number of aromatic nitrogens is 1. The van der Waals surface area contributed by atoms with Crippen molar-refractivity contribution in [3.05, 3.63) is 48.0 Å². The van der Waals surface area contributed by atoms with Crippen molar-refractivity contribution in [1.82, 2.24) is 9.88 Å². The summed E-state index contributed by atoms with van der Waals surface area (Å²) < 4.78 is 2.36. The van der Waals surface area contributed by atoms with Crippen molar-refractivity contribution in [2.75, 3.05) is 6.54 Å². The van der Waals surface area contributed by atoms with Crippen LogP contribution in [0.1, 0.15) is 19.4 Å². The smallest absolute Gasteiger partial charge is 0.0636 e. The van der Waals surface area contributed by atoms with Crippen molar-refractivity contribution in [2.45, 2.75) is 33.0 Å². The van der Waals surface area contributed by atoms with Crippen LogP contribution in [0.3, 0.4) is 0 Å². The Hall–Kier alpha value is -1.26. The lowest BCUT2D eigenvalue weighted by atomic mass is 10.1. The molecule has 1 aromatic heterocycles. The fraction of sp³-hybridized carbons (Fsp3) is 0.333. The summed E-state index contributed by atoms with van der Waals surface area (Å²) in [5.74, 6) is 0. The number of rotatable bonds is 5.